The van der Waals surface area contributed by atoms with Gasteiger partial charge in [0.05, 0.1) is 5.56 Å². The normalized spacial score (nSPS) is 14.4. The highest BCUT2D eigenvalue weighted by Gasteiger charge is 2.20. The van der Waals surface area contributed by atoms with Gasteiger partial charge in [-0.05, 0) is 24.1 Å². The molecule has 0 atom stereocenters. The molecule has 2 rings (SSSR count). The minimum atomic E-state index is -0.692. The van der Waals surface area contributed by atoms with E-state index in [4.69, 9.17) is 10.5 Å². The summed E-state index contributed by atoms with van der Waals surface area (Å²) in [6.07, 6.45) is 1.51. The van der Waals surface area contributed by atoms with Crippen LogP contribution < -0.4 is 5.73 Å². The van der Waals surface area contributed by atoms with E-state index >= 15 is 0 Å². The minimum absolute atomic E-state index is 0.162. The predicted molar refractivity (Wildman–Crippen MR) is 70.6 cm³/mol. The summed E-state index contributed by atoms with van der Waals surface area (Å²) in [7, 11) is 0. The summed E-state index contributed by atoms with van der Waals surface area (Å²) < 4.78 is 4.70. The first-order valence-corrected chi connectivity index (χ1v) is 6.38. The molecule has 0 saturated carbocycles. The molecule has 0 radical (unpaired) electrons. The summed E-state index contributed by atoms with van der Waals surface area (Å²) in [4.78, 5) is 35.4. The Morgan fingerprint density at radius 2 is 1.95 bits per heavy atom. The van der Waals surface area contributed by atoms with Crippen molar-refractivity contribution in [2.75, 3.05) is 13.2 Å². The Morgan fingerprint density at radius 3 is 2.50 bits per heavy atom. The zero-order chi connectivity index (χ0) is 14.5. The maximum Gasteiger partial charge on any atom is 0.338 e. The molecule has 106 valence electrons. The van der Waals surface area contributed by atoms with E-state index in [1.54, 1.807) is 29.2 Å². The summed E-state index contributed by atoms with van der Waals surface area (Å²) >= 11 is 0. The first-order chi connectivity index (χ1) is 9.56. The van der Waals surface area contributed by atoms with Crippen molar-refractivity contribution in [3.63, 3.8) is 0 Å². The summed E-state index contributed by atoms with van der Waals surface area (Å²) in [5, 5.41) is 0. The monoisotopic (exact) mass is 276 g/mol. The zero-order valence-corrected chi connectivity index (χ0v) is 11.0. The number of amides is 2. The van der Waals surface area contributed by atoms with E-state index < -0.39 is 18.5 Å². The number of nitrogens with zero attached hydrogens (tertiary/aromatic N) is 1. The number of esters is 1. The Bertz CT molecular complexity index is 524. The first kappa shape index (κ1) is 14.0. The van der Waals surface area contributed by atoms with E-state index in [9.17, 15) is 14.4 Å². The lowest BCUT2D eigenvalue weighted by Crippen LogP contribution is -2.23. The van der Waals surface area contributed by atoms with Gasteiger partial charge in [-0.25, -0.2) is 4.79 Å². The van der Waals surface area contributed by atoms with Crippen LogP contribution in [-0.2, 0) is 20.9 Å². The van der Waals surface area contributed by atoms with Crippen LogP contribution in [0.2, 0.25) is 0 Å². The number of nitrogens with two attached hydrogens (primary N) is 1. The number of ether oxygens (including phenoxy) is 1. The highest BCUT2D eigenvalue weighted by molar-refractivity contribution is 5.91. The third-order valence-electron chi connectivity index (χ3n) is 3.08. The number of carbonyl (C=O) groups excluding carboxylic acids is 3. The SMILES string of the molecule is NC(=O)COC(=O)c1ccc(CN2CCCC2=O)cc1. The lowest BCUT2D eigenvalue weighted by molar-refractivity contribution is -0.128. The molecule has 6 nitrogen and oxygen atoms in total. The Labute approximate surface area is 116 Å². The van der Waals surface area contributed by atoms with Gasteiger partial charge in [0.15, 0.2) is 6.61 Å². The van der Waals surface area contributed by atoms with Crippen LogP contribution in [0.15, 0.2) is 24.3 Å². The molecular formula is C14H16N2O4. The fourth-order valence-electron chi connectivity index (χ4n) is 2.06. The molecule has 6 heteroatoms. The van der Waals surface area contributed by atoms with Gasteiger partial charge in [-0.2, -0.15) is 0 Å². The fourth-order valence-corrected chi connectivity index (χ4v) is 2.06. The molecule has 2 amide bonds. The lowest BCUT2D eigenvalue weighted by atomic mass is 10.1. The molecular weight excluding hydrogens is 260 g/mol. The Hall–Kier alpha value is -2.37. The van der Waals surface area contributed by atoms with Crippen LogP contribution in [0.25, 0.3) is 0 Å². The molecule has 1 aromatic carbocycles. The second-order valence-corrected chi connectivity index (χ2v) is 4.66. The predicted octanol–water partition coefficient (Wildman–Crippen LogP) is 0.451. The van der Waals surface area contributed by atoms with E-state index in [1.165, 1.54) is 0 Å². The van der Waals surface area contributed by atoms with Crippen LogP contribution in [0, 0.1) is 0 Å². The molecule has 1 saturated heterocycles. The van der Waals surface area contributed by atoms with Gasteiger partial charge in [-0.15, -0.1) is 0 Å². The summed E-state index contributed by atoms with van der Waals surface area (Å²) in [5.41, 5.74) is 6.19. The van der Waals surface area contributed by atoms with Crippen molar-refractivity contribution in [2.45, 2.75) is 19.4 Å². The summed E-state index contributed by atoms with van der Waals surface area (Å²) in [5.74, 6) is -1.12. The molecule has 0 bridgehead atoms. The van der Waals surface area contributed by atoms with Gasteiger partial charge < -0.3 is 15.4 Å². The van der Waals surface area contributed by atoms with Crippen molar-refractivity contribution >= 4 is 17.8 Å². The maximum absolute atomic E-state index is 11.6. The number of primary amides is 1. The summed E-state index contributed by atoms with van der Waals surface area (Å²) in [6, 6.07) is 6.76. The smallest absolute Gasteiger partial charge is 0.338 e. The van der Waals surface area contributed by atoms with Gasteiger partial charge in [0.1, 0.15) is 0 Å². The van der Waals surface area contributed by atoms with E-state index in [-0.39, 0.29) is 5.91 Å². The van der Waals surface area contributed by atoms with Crippen LogP contribution >= 0.6 is 0 Å². The van der Waals surface area contributed by atoms with Crippen molar-refractivity contribution in [1.82, 2.24) is 4.90 Å². The van der Waals surface area contributed by atoms with Crippen molar-refractivity contribution in [3.05, 3.63) is 35.4 Å². The van der Waals surface area contributed by atoms with Gasteiger partial charge in [0.2, 0.25) is 5.91 Å². The molecule has 1 aliphatic heterocycles. The molecule has 1 aliphatic rings. The number of hydrogen-bond donors (Lipinski definition) is 1. The topological polar surface area (TPSA) is 89.7 Å². The van der Waals surface area contributed by atoms with Crippen LogP contribution in [0.4, 0.5) is 0 Å². The van der Waals surface area contributed by atoms with E-state index in [2.05, 4.69) is 0 Å². The molecule has 0 spiro atoms. The van der Waals surface area contributed by atoms with Crippen molar-refractivity contribution in [1.29, 1.82) is 0 Å². The van der Waals surface area contributed by atoms with Crippen molar-refractivity contribution in [3.8, 4) is 0 Å². The van der Waals surface area contributed by atoms with Crippen molar-refractivity contribution in [2.24, 2.45) is 5.73 Å². The third kappa shape index (κ3) is 3.57. The molecule has 0 aromatic heterocycles. The lowest BCUT2D eigenvalue weighted by Gasteiger charge is -2.15. The number of likely N-dealkylation sites (tertiary alicyclic amines) is 1. The molecule has 1 heterocycles. The van der Waals surface area contributed by atoms with E-state index in [0.717, 1.165) is 18.5 Å². The highest BCUT2D eigenvalue weighted by Crippen LogP contribution is 2.15. The average Bonchev–Trinajstić information content (AvgIpc) is 2.82. The number of rotatable bonds is 5. The van der Waals surface area contributed by atoms with Gasteiger partial charge in [0, 0.05) is 19.5 Å². The van der Waals surface area contributed by atoms with Gasteiger partial charge >= 0.3 is 5.97 Å². The van der Waals surface area contributed by atoms with Crippen LogP contribution in [-0.4, -0.2) is 35.8 Å². The largest absolute Gasteiger partial charge is 0.452 e. The minimum Gasteiger partial charge on any atom is -0.452 e. The molecule has 0 aliphatic carbocycles. The molecule has 1 fully saturated rings. The summed E-state index contributed by atoms with van der Waals surface area (Å²) in [6.45, 7) is 0.902. The average molecular weight is 276 g/mol. The van der Waals surface area contributed by atoms with Gasteiger partial charge in [0.25, 0.3) is 5.91 Å². The van der Waals surface area contributed by atoms with Gasteiger partial charge in [-0.3, -0.25) is 9.59 Å². The molecule has 20 heavy (non-hydrogen) atoms. The maximum atomic E-state index is 11.6. The second-order valence-electron chi connectivity index (χ2n) is 4.66. The highest BCUT2D eigenvalue weighted by atomic mass is 16.5. The fraction of sp³-hybridized carbons (Fsp3) is 0.357. The van der Waals surface area contributed by atoms with Crippen LogP contribution in [0.5, 0.6) is 0 Å². The Kier molecular flexibility index (Phi) is 4.34. The molecule has 2 N–H and O–H groups in total. The third-order valence-corrected chi connectivity index (χ3v) is 3.08. The van der Waals surface area contributed by atoms with Gasteiger partial charge in [-0.1, -0.05) is 12.1 Å². The second kappa shape index (κ2) is 6.18. The molecule has 0 unspecified atom stereocenters. The number of carbonyl (C=O) groups is 3. The zero-order valence-electron chi connectivity index (χ0n) is 11.0. The van der Waals surface area contributed by atoms with Crippen molar-refractivity contribution < 1.29 is 19.1 Å². The number of hydrogen-bond acceptors (Lipinski definition) is 4. The Morgan fingerprint density at radius 1 is 1.25 bits per heavy atom. The molecule has 1 aromatic rings. The Balaban J connectivity index is 1.93. The quantitative estimate of drug-likeness (QED) is 0.791. The van der Waals surface area contributed by atoms with Crippen LogP contribution in [0.1, 0.15) is 28.8 Å². The standard InChI is InChI=1S/C14H16N2O4/c15-12(17)9-20-14(19)11-5-3-10(4-6-11)8-16-7-1-2-13(16)18/h3-6H,1-2,7-9H2,(H2,15,17). The number of benzene rings is 1. The van der Waals surface area contributed by atoms with E-state index in [0.29, 0.717) is 18.5 Å². The first-order valence-electron chi connectivity index (χ1n) is 6.38. The van der Waals surface area contributed by atoms with E-state index in [1.807, 2.05) is 0 Å². The van der Waals surface area contributed by atoms with Crippen LogP contribution in [0.3, 0.4) is 0 Å².